The van der Waals surface area contributed by atoms with Crippen molar-refractivity contribution in [2.75, 3.05) is 31.6 Å². The predicted octanol–water partition coefficient (Wildman–Crippen LogP) is 2.08. The summed E-state index contributed by atoms with van der Waals surface area (Å²) in [5.74, 6) is 1.53. The largest absolute Gasteiger partial charge is 0.507 e. The molecule has 0 spiro atoms. The van der Waals surface area contributed by atoms with Crippen LogP contribution in [0, 0.1) is 0 Å². The molecule has 25 heavy (non-hydrogen) atoms. The molecule has 2 N–H and O–H groups in total. The number of likely N-dealkylation sites (N-methyl/N-ethyl adjacent to an activating group) is 1. The molecular weight excluding hydrogens is 318 g/mol. The zero-order valence-electron chi connectivity index (χ0n) is 14.4. The third-order valence-corrected chi connectivity index (χ3v) is 4.96. The molecule has 3 heterocycles. The highest BCUT2D eigenvalue weighted by atomic mass is 16.5. The molecule has 132 valence electrons. The topological polar surface area (TPSA) is 83.4 Å². The van der Waals surface area contributed by atoms with Crippen molar-refractivity contribution in [2.24, 2.45) is 0 Å². The van der Waals surface area contributed by atoms with E-state index in [0.29, 0.717) is 29.9 Å². The molecule has 4 rings (SSSR count). The summed E-state index contributed by atoms with van der Waals surface area (Å²) in [6.07, 6.45) is 4.73. The van der Waals surface area contributed by atoms with E-state index in [2.05, 4.69) is 32.3 Å². The van der Waals surface area contributed by atoms with E-state index in [1.54, 1.807) is 18.3 Å². The number of piperidine rings is 1. The minimum Gasteiger partial charge on any atom is -0.507 e. The Bertz CT molecular complexity index is 750. The number of fused-ring (bicyclic) bond motifs is 1. The summed E-state index contributed by atoms with van der Waals surface area (Å²) in [6, 6.07) is 3.78. The van der Waals surface area contributed by atoms with E-state index in [0.717, 1.165) is 43.8 Å². The number of aromatic nitrogens is 3. The maximum Gasteiger partial charge on any atom is 0.242 e. The van der Waals surface area contributed by atoms with Crippen LogP contribution in [0.25, 0.3) is 11.3 Å². The summed E-state index contributed by atoms with van der Waals surface area (Å²) >= 11 is 0. The lowest BCUT2D eigenvalue weighted by molar-refractivity contribution is 0.226. The molecular formula is C18H23N5O2. The van der Waals surface area contributed by atoms with Gasteiger partial charge in [0.2, 0.25) is 5.95 Å². The highest BCUT2D eigenvalue weighted by molar-refractivity contribution is 5.73. The second kappa shape index (κ2) is 6.84. The maximum absolute atomic E-state index is 10.2. The summed E-state index contributed by atoms with van der Waals surface area (Å²) in [5.41, 5.74) is 2.23. The lowest BCUT2D eigenvalue weighted by atomic mass is 10.0. The first-order valence-corrected chi connectivity index (χ1v) is 8.91. The van der Waals surface area contributed by atoms with Gasteiger partial charge in [-0.15, -0.1) is 10.2 Å². The van der Waals surface area contributed by atoms with Gasteiger partial charge in [0.1, 0.15) is 17.2 Å². The number of likely N-dealkylation sites (tertiary alicyclic amines) is 1. The van der Waals surface area contributed by atoms with Gasteiger partial charge in [0.25, 0.3) is 0 Å². The first-order chi connectivity index (χ1) is 12.2. The predicted molar refractivity (Wildman–Crippen MR) is 94.9 cm³/mol. The van der Waals surface area contributed by atoms with Crippen molar-refractivity contribution in [3.8, 4) is 22.8 Å². The van der Waals surface area contributed by atoms with E-state index in [-0.39, 0.29) is 5.75 Å². The second-order valence-electron chi connectivity index (χ2n) is 6.58. The number of hydrogen-bond acceptors (Lipinski definition) is 7. The molecule has 0 aliphatic carbocycles. The van der Waals surface area contributed by atoms with E-state index in [9.17, 15) is 5.11 Å². The standard InChI is InChI=1S/C18H23N5O2/c1-2-23-8-3-4-12(11-23)20-18-19-10-14(21-22-18)17-13-7-9-25-16(13)6-5-15(17)24/h5-6,10,12,24H,2-4,7-9,11H2,1H3,(H,19,20,22)/t12-/m1/s1. The molecule has 0 radical (unpaired) electrons. The van der Waals surface area contributed by atoms with E-state index < -0.39 is 0 Å². The van der Waals surface area contributed by atoms with Crippen molar-refractivity contribution in [3.05, 3.63) is 23.9 Å². The lowest BCUT2D eigenvalue weighted by Crippen LogP contribution is -2.42. The zero-order chi connectivity index (χ0) is 17.2. The Morgan fingerprint density at radius 3 is 3.08 bits per heavy atom. The summed E-state index contributed by atoms with van der Waals surface area (Å²) in [6.45, 7) is 6.04. The Morgan fingerprint density at radius 1 is 1.36 bits per heavy atom. The van der Waals surface area contributed by atoms with Gasteiger partial charge in [0.05, 0.1) is 18.4 Å². The third kappa shape index (κ3) is 3.24. The molecule has 0 amide bonds. The number of aromatic hydroxyl groups is 1. The molecule has 0 unspecified atom stereocenters. The van der Waals surface area contributed by atoms with Crippen LogP contribution in [0.4, 0.5) is 5.95 Å². The normalized spacial score (nSPS) is 20.1. The van der Waals surface area contributed by atoms with Crippen molar-refractivity contribution in [2.45, 2.75) is 32.2 Å². The van der Waals surface area contributed by atoms with Crippen LogP contribution in [0.15, 0.2) is 18.3 Å². The summed E-state index contributed by atoms with van der Waals surface area (Å²) in [5, 5.41) is 22.1. The number of anilines is 1. The van der Waals surface area contributed by atoms with Crippen LogP contribution in [0.1, 0.15) is 25.3 Å². The van der Waals surface area contributed by atoms with Crippen molar-refractivity contribution in [3.63, 3.8) is 0 Å². The van der Waals surface area contributed by atoms with Gasteiger partial charge in [-0.2, -0.15) is 0 Å². The average Bonchev–Trinajstić information content (AvgIpc) is 3.11. The Balaban J connectivity index is 1.52. The molecule has 2 aliphatic heterocycles. The molecule has 0 saturated carbocycles. The zero-order valence-corrected chi connectivity index (χ0v) is 14.4. The Morgan fingerprint density at radius 2 is 2.28 bits per heavy atom. The fraction of sp³-hybridized carbons (Fsp3) is 0.500. The first kappa shape index (κ1) is 16.1. The van der Waals surface area contributed by atoms with E-state index in [4.69, 9.17) is 4.74 Å². The van der Waals surface area contributed by atoms with Crippen LogP contribution in [-0.2, 0) is 6.42 Å². The summed E-state index contributed by atoms with van der Waals surface area (Å²) in [7, 11) is 0. The second-order valence-corrected chi connectivity index (χ2v) is 6.58. The number of phenolic OH excluding ortho intramolecular Hbond substituents is 1. The summed E-state index contributed by atoms with van der Waals surface area (Å²) in [4.78, 5) is 6.84. The number of hydrogen-bond donors (Lipinski definition) is 2. The Labute approximate surface area is 147 Å². The number of phenols is 1. The smallest absolute Gasteiger partial charge is 0.242 e. The fourth-order valence-corrected chi connectivity index (χ4v) is 3.65. The van der Waals surface area contributed by atoms with Gasteiger partial charge in [-0.3, -0.25) is 0 Å². The van der Waals surface area contributed by atoms with Gasteiger partial charge in [0, 0.05) is 24.6 Å². The highest BCUT2D eigenvalue weighted by Gasteiger charge is 2.23. The van der Waals surface area contributed by atoms with Crippen LogP contribution in [0.3, 0.4) is 0 Å². The van der Waals surface area contributed by atoms with E-state index >= 15 is 0 Å². The number of benzene rings is 1. The van der Waals surface area contributed by atoms with Crippen molar-refractivity contribution in [1.82, 2.24) is 20.1 Å². The van der Waals surface area contributed by atoms with Gasteiger partial charge < -0.3 is 20.1 Å². The SMILES string of the molecule is CCN1CCC[C@@H](Nc2ncc(-c3c(O)ccc4c3CCO4)nn2)C1. The highest BCUT2D eigenvalue weighted by Crippen LogP contribution is 2.39. The minimum absolute atomic E-state index is 0.187. The number of rotatable bonds is 4. The lowest BCUT2D eigenvalue weighted by Gasteiger charge is -2.32. The molecule has 2 aromatic rings. The molecule has 1 saturated heterocycles. The third-order valence-electron chi connectivity index (χ3n) is 4.96. The molecule has 7 heteroatoms. The van der Waals surface area contributed by atoms with Gasteiger partial charge in [-0.1, -0.05) is 6.92 Å². The average molecular weight is 341 g/mol. The van der Waals surface area contributed by atoms with Crippen LogP contribution in [0.2, 0.25) is 0 Å². The number of ether oxygens (including phenoxy) is 1. The van der Waals surface area contributed by atoms with Crippen molar-refractivity contribution < 1.29 is 9.84 Å². The van der Waals surface area contributed by atoms with E-state index in [1.165, 1.54) is 6.42 Å². The summed E-state index contributed by atoms with van der Waals surface area (Å²) < 4.78 is 5.56. The van der Waals surface area contributed by atoms with Gasteiger partial charge >= 0.3 is 0 Å². The van der Waals surface area contributed by atoms with Crippen molar-refractivity contribution in [1.29, 1.82) is 0 Å². The molecule has 7 nitrogen and oxygen atoms in total. The molecule has 1 aromatic heterocycles. The maximum atomic E-state index is 10.2. The minimum atomic E-state index is 0.187. The van der Waals surface area contributed by atoms with Gasteiger partial charge in [-0.05, 0) is 38.1 Å². The molecule has 1 atom stereocenters. The van der Waals surface area contributed by atoms with Crippen LogP contribution < -0.4 is 10.1 Å². The Hall–Kier alpha value is -2.41. The van der Waals surface area contributed by atoms with Crippen LogP contribution in [-0.4, -0.2) is 57.5 Å². The molecule has 1 fully saturated rings. The first-order valence-electron chi connectivity index (χ1n) is 8.91. The van der Waals surface area contributed by atoms with Crippen molar-refractivity contribution >= 4 is 5.95 Å². The van der Waals surface area contributed by atoms with Crippen LogP contribution >= 0.6 is 0 Å². The number of nitrogens with one attached hydrogen (secondary N) is 1. The quantitative estimate of drug-likeness (QED) is 0.881. The van der Waals surface area contributed by atoms with Gasteiger partial charge in [-0.25, -0.2) is 4.98 Å². The fourth-order valence-electron chi connectivity index (χ4n) is 3.65. The van der Waals surface area contributed by atoms with Crippen LogP contribution in [0.5, 0.6) is 11.5 Å². The molecule has 1 aromatic carbocycles. The van der Waals surface area contributed by atoms with E-state index in [1.807, 2.05) is 0 Å². The monoisotopic (exact) mass is 341 g/mol. The van der Waals surface area contributed by atoms with Gasteiger partial charge in [0.15, 0.2) is 0 Å². The molecule has 2 aliphatic rings. The Kier molecular flexibility index (Phi) is 4.40. The number of nitrogens with zero attached hydrogens (tertiary/aromatic N) is 4. The molecule has 0 bridgehead atoms.